The molecule has 6 heteroatoms. The first-order valence-corrected chi connectivity index (χ1v) is 6.27. The molecular formula is C9H17N5S. The molecule has 1 aromatic heterocycles. The number of aromatic nitrogens is 2. The molecule has 0 atom stereocenters. The second kappa shape index (κ2) is 7.30. The third-order valence-electron chi connectivity index (χ3n) is 1.90. The highest BCUT2D eigenvalue weighted by Gasteiger charge is 1.95. The third-order valence-corrected chi connectivity index (χ3v) is 2.59. The minimum atomic E-state index is 0.622. The van der Waals surface area contributed by atoms with Gasteiger partial charge < -0.3 is 10.7 Å². The van der Waals surface area contributed by atoms with E-state index < -0.39 is 0 Å². The molecular weight excluding hydrogens is 210 g/mol. The van der Waals surface area contributed by atoms with Gasteiger partial charge in [-0.15, -0.1) is 0 Å². The predicted molar refractivity (Wildman–Crippen MR) is 65.9 cm³/mol. The SMILES string of the molecule is CSCCCCNc1cc(NN)ncn1. The van der Waals surface area contributed by atoms with Gasteiger partial charge in [0, 0.05) is 12.6 Å². The zero-order chi connectivity index (χ0) is 10.9. The van der Waals surface area contributed by atoms with E-state index in [1.54, 1.807) is 6.07 Å². The van der Waals surface area contributed by atoms with E-state index in [0.29, 0.717) is 5.82 Å². The van der Waals surface area contributed by atoms with Gasteiger partial charge in [-0.2, -0.15) is 11.8 Å². The Morgan fingerprint density at radius 3 is 2.87 bits per heavy atom. The van der Waals surface area contributed by atoms with Crippen LogP contribution < -0.4 is 16.6 Å². The summed E-state index contributed by atoms with van der Waals surface area (Å²) >= 11 is 1.87. The van der Waals surface area contributed by atoms with Crippen molar-refractivity contribution in [3.8, 4) is 0 Å². The smallest absolute Gasteiger partial charge is 0.145 e. The van der Waals surface area contributed by atoms with Crippen molar-refractivity contribution in [2.24, 2.45) is 5.84 Å². The zero-order valence-electron chi connectivity index (χ0n) is 8.86. The minimum absolute atomic E-state index is 0.622. The molecule has 1 heterocycles. The van der Waals surface area contributed by atoms with Crippen LogP contribution in [0.2, 0.25) is 0 Å². The Kier molecular flexibility index (Phi) is 5.87. The molecule has 15 heavy (non-hydrogen) atoms. The van der Waals surface area contributed by atoms with Gasteiger partial charge >= 0.3 is 0 Å². The molecule has 84 valence electrons. The van der Waals surface area contributed by atoms with E-state index in [0.717, 1.165) is 18.8 Å². The second-order valence-electron chi connectivity index (χ2n) is 3.06. The number of nitrogens with two attached hydrogens (primary N) is 1. The van der Waals surface area contributed by atoms with E-state index in [2.05, 4.69) is 27.0 Å². The Labute approximate surface area is 94.2 Å². The van der Waals surface area contributed by atoms with Crippen molar-refractivity contribution < 1.29 is 0 Å². The molecule has 0 saturated heterocycles. The summed E-state index contributed by atoms with van der Waals surface area (Å²) in [7, 11) is 0. The number of hydrazine groups is 1. The van der Waals surface area contributed by atoms with Crippen molar-refractivity contribution in [2.75, 3.05) is 29.3 Å². The number of nitrogens with zero attached hydrogens (tertiary/aromatic N) is 2. The van der Waals surface area contributed by atoms with Gasteiger partial charge in [-0.05, 0) is 24.9 Å². The topological polar surface area (TPSA) is 75.9 Å². The van der Waals surface area contributed by atoms with Crippen LogP contribution in [0, 0.1) is 0 Å². The summed E-state index contributed by atoms with van der Waals surface area (Å²) < 4.78 is 0. The molecule has 1 rings (SSSR count). The third kappa shape index (κ3) is 4.85. The maximum absolute atomic E-state index is 5.24. The summed E-state index contributed by atoms with van der Waals surface area (Å²) in [6.07, 6.45) is 5.98. The van der Waals surface area contributed by atoms with E-state index in [1.165, 1.54) is 18.5 Å². The van der Waals surface area contributed by atoms with Gasteiger partial charge in [0.2, 0.25) is 0 Å². The van der Waals surface area contributed by atoms with Crippen LogP contribution in [-0.4, -0.2) is 28.5 Å². The fourth-order valence-electron chi connectivity index (χ4n) is 1.12. The Morgan fingerprint density at radius 2 is 2.13 bits per heavy atom. The molecule has 0 aliphatic heterocycles. The first kappa shape index (κ1) is 12.1. The average molecular weight is 227 g/mol. The lowest BCUT2D eigenvalue weighted by Gasteiger charge is -2.05. The average Bonchev–Trinajstić information content (AvgIpc) is 2.29. The Morgan fingerprint density at radius 1 is 1.33 bits per heavy atom. The van der Waals surface area contributed by atoms with Crippen LogP contribution in [0.3, 0.4) is 0 Å². The van der Waals surface area contributed by atoms with Crippen LogP contribution in [0.15, 0.2) is 12.4 Å². The number of hydrogen-bond donors (Lipinski definition) is 3. The van der Waals surface area contributed by atoms with Crippen LogP contribution in [0.1, 0.15) is 12.8 Å². The van der Waals surface area contributed by atoms with Crippen LogP contribution in [0.25, 0.3) is 0 Å². The van der Waals surface area contributed by atoms with Gasteiger partial charge in [0.15, 0.2) is 0 Å². The molecule has 0 bridgehead atoms. The van der Waals surface area contributed by atoms with Crippen molar-refractivity contribution in [2.45, 2.75) is 12.8 Å². The van der Waals surface area contributed by atoms with Crippen LogP contribution >= 0.6 is 11.8 Å². The molecule has 0 spiro atoms. The number of hydrogen-bond acceptors (Lipinski definition) is 6. The normalized spacial score (nSPS) is 10.0. The van der Waals surface area contributed by atoms with E-state index >= 15 is 0 Å². The monoisotopic (exact) mass is 227 g/mol. The van der Waals surface area contributed by atoms with E-state index in [4.69, 9.17) is 5.84 Å². The van der Waals surface area contributed by atoms with E-state index in [1.807, 2.05) is 11.8 Å². The molecule has 0 aliphatic rings. The highest BCUT2D eigenvalue weighted by atomic mass is 32.2. The fourth-order valence-corrected chi connectivity index (χ4v) is 1.61. The van der Waals surface area contributed by atoms with Gasteiger partial charge in [-0.3, -0.25) is 0 Å². The summed E-state index contributed by atoms with van der Waals surface area (Å²) in [6.45, 7) is 0.932. The standard InChI is InChI=1S/C9H17N5S/c1-15-5-3-2-4-11-8-6-9(14-10)13-7-12-8/h6-7H,2-5,10H2,1H3,(H2,11,12,13,14). The van der Waals surface area contributed by atoms with Gasteiger partial charge in [0.25, 0.3) is 0 Å². The maximum atomic E-state index is 5.24. The van der Waals surface area contributed by atoms with Gasteiger partial charge in [-0.25, -0.2) is 15.8 Å². The molecule has 0 amide bonds. The van der Waals surface area contributed by atoms with Crippen molar-refractivity contribution in [3.63, 3.8) is 0 Å². The molecule has 0 aromatic carbocycles. The number of nitrogen functional groups attached to an aromatic ring is 1. The van der Waals surface area contributed by atoms with Gasteiger partial charge in [0.1, 0.15) is 18.0 Å². The second-order valence-corrected chi connectivity index (χ2v) is 4.05. The molecule has 0 fully saturated rings. The molecule has 0 unspecified atom stereocenters. The highest BCUT2D eigenvalue weighted by Crippen LogP contribution is 2.07. The summed E-state index contributed by atoms with van der Waals surface area (Å²) in [5.41, 5.74) is 2.48. The van der Waals surface area contributed by atoms with Crippen LogP contribution in [-0.2, 0) is 0 Å². The van der Waals surface area contributed by atoms with Crippen molar-refractivity contribution in [1.82, 2.24) is 9.97 Å². The lowest BCUT2D eigenvalue weighted by Crippen LogP contribution is -2.10. The lowest BCUT2D eigenvalue weighted by molar-refractivity contribution is 0.839. The highest BCUT2D eigenvalue weighted by molar-refractivity contribution is 7.98. The van der Waals surface area contributed by atoms with Crippen LogP contribution in [0.4, 0.5) is 11.6 Å². The molecule has 0 saturated carbocycles. The summed E-state index contributed by atoms with van der Waals surface area (Å²) in [5.74, 6) is 7.88. The maximum Gasteiger partial charge on any atom is 0.145 e. The van der Waals surface area contributed by atoms with Gasteiger partial charge in [0.05, 0.1) is 0 Å². The van der Waals surface area contributed by atoms with E-state index in [-0.39, 0.29) is 0 Å². The quantitative estimate of drug-likeness (QED) is 0.370. The Balaban J connectivity index is 2.24. The zero-order valence-corrected chi connectivity index (χ0v) is 9.68. The number of unbranched alkanes of at least 4 members (excludes halogenated alkanes) is 1. The number of anilines is 2. The van der Waals surface area contributed by atoms with Crippen LogP contribution in [0.5, 0.6) is 0 Å². The molecule has 4 N–H and O–H groups in total. The Hall–Kier alpha value is -1.01. The Bertz CT molecular complexity index is 281. The number of thioether (sulfide) groups is 1. The summed E-state index contributed by atoms with van der Waals surface area (Å²) in [4.78, 5) is 8.01. The largest absolute Gasteiger partial charge is 0.370 e. The first-order chi connectivity index (χ1) is 7.36. The summed E-state index contributed by atoms with van der Waals surface area (Å²) in [5, 5.41) is 3.22. The molecule has 1 aromatic rings. The summed E-state index contributed by atoms with van der Waals surface area (Å²) in [6, 6.07) is 1.79. The lowest BCUT2D eigenvalue weighted by atomic mass is 10.3. The van der Waals surface area contributed by atoms with Crippen molar-refractivity contribution in [1.29, 1.82) is 0 Å². The minimum Gasteiger partial charge on any atom is -0.370 e. The number of rotatable bonds is 7. The predicted octanol–water partition coefficient (Wildman–Crippen LogP) is 1.32. The molecule has 0 radical (unpaired) electrons. The first-order valence-electron chi connectivity index (χ1n) is 4.88. The van der Waals surface area contributed by atoms with Gasteiger partial charge in [-0.1, -0.05) is 0 Å². The molecule has 0 aliphatic carbocycles. The van der Waals surface area contributed by atoms with Crippen molar-refractivity contribution >= 4 is 23.4 Å². The van der Waals surface area contributed by atoms with Crippen molar-refractivity contribution in [3.05, 3.63) is 12.4 Å². The number of nitrogens with one attached hydrogen (secondary N) is 2. The fraction of sp³-hybridized carbons (Fsp3) is 0.556. The molecule has 5 nitrogen and oxygen atoms in total. The van der Waals surface area contributed by atoms with E-state index in [9.17, 15) is 0 Å².